The van der Waals surface area contributed by atoms with Gasteiger partial charge in [-0.15, -0.1) is 0 Å². The second-order valence-corrected chi connectivity index (χ2v) is 9.60. The fourth-order valence-electron chi connectivity index (χ4n) is 3.15. The van der Waals surface area contributed by atoms with E-state index in [0.717, 1.165) is 30.5 Å². The zero-order valence-corrected chi connectivity index (χ0v) is 18.1. The molecule has 0 bridgehead atoms. The van der Waals surface area contributed by atoms with E-state index in [-0.39, 0.29) is 4.90 Å². The van der Waals surface area contributed by atoms with Gasteiger partial charge in [0.2, 0.25) is 0 Å². The molecule has 1 N–H and O–H groups in total. The molecule has 1 heterocycles. The van der Waals surface area contributed by atoms with Crippen LogP contribution in [0.5, 0.6) is 0 Å². The molecule has 3 aromatic rings. The van der Waals surface area contributed by atoms with Crippen molar-refractivity contribution in [1.29, 1.82) is 0 Å². The molecular formula is C22H25ClN2O3S. The van der Waals surface area contributed by atoms with E-state index in [9.17, 15) is 13.5 Å². The van der Waals surface area contributed by atoms with Crippen LogP contribution in [0, 0.1) is 0 Å². The van der Waals surface area contributed by atoms with Gasteiger partial charge >= 0.3 is 0 Å². The SMILES string of the molecule is CCCCCC(O)c1cn(-c2ccc(Cl)cc2)c(-c2ccc(S(C)(=O)=O)cc2)n1. The Labute approximate surface area is 176 Å². The minimum absolute atomic E-state index is 0.255. The van der Waals surface area contributed by atoms with Gasteiger partial charge in [-0.2, -0.15) is 0 Å². The van der Waals surface area contributed by atoms with E-state index < -0.39 is 15.9 Å². The van der Waals surface area contributed by atoms with Gasteiger partial charge < -0.3 is 5.11 Å². The number of halogens is 1. The highest BCUT2D eigenvalue weighted by atomic mass is 35.5. The molecule has 2 aromatic carbocycles. The summed E-state index contributed by atoms with van der Waals surface area (Å²) in [5.41, 5.74) is 2.22. The number of aliphatic hydroxyl groups excluding tert-OH is 1. The van der Waals surface area contributed by atoms with Crippen molar-refractivity contribution in [2.75, 3.05) is 6.26 Å². The molecule has 0 saturated carbocycles. The Hall–Kier alpha value is -2.15. The van der Waals surface area contributed by atoms with Crippen LogP contribution < -0.4 is 0 Å². The second kappa shape index (κ2) is 9.11. The first-order valence-corrected chi connectivity index (χ1v) is 11.9. The third kappa shape index (κ3) is 5.26. The number of aliphatic hydroxyl groups is 1. The monoisotopic (exact) mass is 432 g/mol. The van der Waals surface area contributed by atoms with Crippen molar-refractivity contribution < 1.29 is 13.5 Å². The third-order valence-electron chi connectivity index (χ3n) is 4.79. The van der Waals surface area contributed by atoms with Crippen molar-refractivity contribution in [2.45, 2.75) is 43.6 Å². The average molecular weight is 433 g/mol. The van der Waals surface area contributed by atoms with E-state index in [2.05, 4.69) is 11.9 Å². The minimum atomic E-state index is -3.27. The predicted octanol–water partition coefficient (Wildman–Crippen LogP) is 5.21. The maximum absolute atomic E-state index is 11.8. The first kappa shape index (κ1) is 21.6. The summed E-state index contributed by atoms with van der Waals surface area (Å²) in [4.78, 5) is 4.94. The Morgan fingerprint density at radius 2 is 1.72 bits per heavy atom. The van der Waals surface area contributed by atoms with E-state index in [4.69, 9.17) is 11.6 Å². The van der Waals surface area contributed by atoms with E-state index in [0.29, 0.717) is 23.0 Å². The Bertz CT molecular complexity index is 1060. The van der Waals surface area contributed by atoms with Crippen LogP contribution in [0.2, 0.25) is 5.02 Å². The van der Waals surface area contributed by atoms with E-state index in [1.807, 2.05) is 22.9 Å². The van der Waals surface area contributed by atoms with E-state index in [1.54, 1.807) is 36.4 Å². The number of aromatic nitrogens is 2. The van der Waals surface area contributed by atoms with Crippen molar-refractivity contribution in [1.82, 2.24) is 9.55 Å². The molecule has 0 spiro atoms. The van der Waals surface area contributed by atoms with Crippen LogP contribution in [0.4, 0.5) is 0 Å². The first-order valence-electron chi connectivity index (χ1n) is 9.63. The molecule has 0 amide bonds. The standard InChI is InChI=1S/C22H25ClN2O3S/c1-3-4-5-6-21(26)20-15-25(18-11-9-17(23)10-12-18)22(24-20)16-7-13-19(14-8-16)29(2,27)28/h7-15,21,26H,3-6H2,1-2H3. The van der Waals surface area contributed by atoms with Gasteiger partial charge in [0.25, 0.3) is 0 Å². The highest BCUT2D eigenvalue weighted by Gasteiger charge is 2.18. The maximum Gasteiger partial charge on any atom is 0.175 e. The lowest BCUT2D eigenvalue weighted by molar-refractivity contribution is 0.159. The molecule has 3 rings (SSSR count). The average Bonchev–Trinajstić information content (AvgIpc) is 3.13. The molecule has 7 heteroatoms. The highest BCUT2D eigenvalue weighted by Crippen LogP contribution is 2.28. The molecule has 1 unspecified atom stereocenters. The Morgan fingerprint density at radius 1 is 1.07 bits per heavy atom. The fraction of sp³-hybridized carbons (Fsp3) is 0.318. The summed E-state index contributed by atoms with van der Waals surface area (Å²) < 4.78 is 25.4. The second-order valence-electron chi connectivity index (χ2n) is 7.14. The molecule has 0 fully saturated rings. The quantitative estimate of drug-likeness (QED) is 0.496. The van der Waals surface area contributed by atoms with Gasteiger partial charge in [0, 0.05) is 28.7 Å². The number of unbranched alkanes of at least 4 members (excludes halogenated alkanes) is 2. The van der Waals surface area contributed by atoms with Crippen LogP contribution in [0.3, 0.4) is 0 Å². The Kier molecular flexibility index (Phi) is 6.77. The van der Waals surface area contributed by atoms with Crippen molar-refractivity contribution in [3.8, 4) is 17.1 Å². The summed E-state index contributed by atoms with van der Waals surface area (Å²) in [5, 5.41) is 11.2. The van der Waals surface area contributed by atoms with E-state index >= 15 is 0 Å². The van der Waals surface area contributed by atoms with Crippen LogP contribution in [0.25, 0.3) is 17.1 Å². The van der Waals surface area contributed by atoms with Crippen LogP contribution in [-0.2, 0) is 9.84 Å². The molecule has 0 aliphatic heterocycles. The van der Waals surface area contributed by atoms with Crippen LogP contribution >= 0.6 is 11.6 Å². The van der Waals surface area contributed by atoms with Crippen molar-refractivity contribution in [3.63, 3.8) is 0 Å². The normalized spacial score (nSPS) is 12.8. The van der Waals surface area contributed by atoms with Gasteiger partial charge in [0.15, 0.2) is 9.84 Å². The topological polar surface area (TPSA) is 72.2 Å². The summed E-state index contributed by atoms with van der Waals surface area (Å²) in [7, 11) is -3.27. The van der Waals surface area contributed by atoms with Gasteiger partial charge in [-0.3, -0.25) is 4.57 Å². The fourth-order valence-corrected chi connectivity index (χ4v) is 3.90. The van der Waals surface area contributed by atoms with Crippen LogP contribution in [-0.4, -0.2) is 29.3 Å². The zero-order valence-electron chi connectivity index (χ0n) is 16.5. The molecule has 0 radical (unpaired) electrons. The lowest BCUT2D eigenvalue weighted by Gasteiger charge is -2.08. The van der Waals surface area contributed by atoms with Gasteiger partial charge in [-0.25, -0.2) is 13.4 Å². The number of rotatable bonds is 8. The lowest BCUT2D eigenvalue weighted by atomic mass is 10.1. The lowest BCUT2D eigenvalue weighted by Crippen LogP contribution is -1.98. The summed E-state index contributed by atoms with van der Waals surface area (Å²) in [6, 6.07) is 14.0. The number of nitrogens with zero attached hydrogens (tertiary/aromatic N) is 2. The Morgan fingerprint density at radius 3 is 2.31 bits per heavy atom. The molecule has 1 aromatic heterocycles. The van der Waals surface area contributed by atoms with Gasteiger partial charge in [-0.1, -0.05) is 37.8 Å². The van der Waals surface area contributed by atoms with Gasteiger partial charge in [0.05, 0.1) is 16.7 Å². The highest BCUT2D eigenvalue weighted by molar-refractivity contribution is 7.90. The summed E-state index contributed by atoms with van der Waals surface area (Å²) in [6.07, 6.45) is 6.10. The number of sulfone groups is 1. The number of imidazole rings is 1. The molecule has 29 heavy (non-hydrogen) atoms. The number of benzene rings is 2. The van der Waals surface area contributed by atoms with Gasteiger partial charge in [-0.05, 0) is 55.0 Å². The summed E-state index contributed by atoms with van der Waals surface area (Å²) in [5.74, 6) is 0.636. The largest absolute Gasteiger partial charge is 0.387 e. The summed E-state index contributed by atoms with van der Waals surface area (Å²) in [6.45, 7) is 2.12. The third-order valence-corrected chi connectivity index (χ3v) is 6.17. The predicted molar refractivity (Wildman–Crippen MR) is 116 cm³/mol. The number of hydrogen-bond donors (Lipinski definition) is 1. The first-order chi connectivity index (χ1) is 13.8. The van der Waals surface area contributed by atoms with Gasteiger partial charge in [0.1, 0.15) is 5.82 Å². The smallest absolute Gasteiger partial charge is 0.175 e. The molecule has 0 aliphatic rings. The Balaban J connectivity index is 2.02. The molecule has 5 nitrogen and oxygen atoms in total. The molecule has 154 valence electrons. The number of hydrogen-bond acceptors (Lipinski definition) is 4. The molecular weight excluding hydrogens is 408 g/mol. The maximum atomic E-state index is 11.8. The van der Waals surface area contributed by atoms with Crippen molar-refractivity contribution >= 4 is 21.4 Å². The zero-order chi connectivity index (χ0) is 21.0. The molecule has 0 saturated heterocycles. The minimum Gasteiger partial charge on any atom is -0.387 e. The van der Waals surface area contributed by atoms with Crippen molar-refractivity contribution in [3.05, 3.63) is 65.4 Å². The summed E-state index contributed by atoms with van der Waals surface area (Å²) >= 11 is 6.02. The molecule has 0 aliphatic carbocycles. The van der Waals surface area contributed by atoms with Crippen LogP contribution in [0.1, 0.15) is 44.4 Å². The van der Waals surface area contributed by atoms with E-state index in [1.165, 1.54) is 6.26 Å². The molecule has 1 atom stereocenters. The van der Waals surface area contributed by atoms with Crippen molar-refractivity contribution in [2.24, 2.45) is 0 Å². The van der Waals surface area contributed by atoms with Crippen LogP contribution in [0.15, 0.2) is 59.6 Å².